The Kier molecular flexibility index (Phi) is 3.71. The third-order valence-corrected chi connectivity index (χ3v) is 1.86. The van der Waals surface area contributed by atoms with Gasteiger partial charge in [-0.1, -0.05) is 18.2 Å². The topological polar surface area (TPSA) is 70.0 Å². The molecule has 3 N–H and O–H groups in total. The minimum atomic E-state index is -0.0637. The zero-order valence-electron chi connectivity index (χ0n) is 7.77. The van der Waals surface area contributed by atoms with Crippen molar-refractivity contribution in [1.29, 1.82) is 5.26 Å². The zero-order chi connectivity index (χ0) is 10.4. The fourth-order valence-corrected chi connectivity index (χ4v) is 1.11. The number of nitrogens with two attached hydrogens (primary N) is 1. The first-order valence-corrected chi connectivity index (χ1v) is 4.30. The minimum Gasteiger partial charge on any atom is -0.398 e. The van der Waals surface area contributed by atoms with E-state index >= 15 is 0 Å². The molecule has 0 radical (unpaired) electrons. The molecule has 3 heteroatoms. The number of aliphatic hydroxyl groups excluding tert-OH is 1. The monoisotopic (exact) mass is 188 g/mol. The second-order valence-electron chi connectivity index (χ2n) is 2.88. The molecule has 14 heavy (non-hydrogen) atoms. The van der Waals surface area contributed by atoms with Gasteiger partial charge in [0.15, 0.2) is 0 Å². The molecule has 0 bridgehead atoms. The van der Waals surface area contributed by atoms with Crippen LogP contribution >= 0.6 is 0 Å². The van der Waals surface area contributed by atoms with Crippen molar-refractivity contribution in [1.82, 2.24) is 0 Å². The number of allylic oxidation sites excluding steroid dienone is 1. The number of nitrogen functional groups attached to an aromatic ring is 1. The second kappa shape index (κ2) is 5.05. The molecule has 0 amide bonds. The second-order valence-corrected chi connectivity index (χ2v) is 2.88. The largest absolute Gasteiger partial charge is 0.398 e. The molecule has 0 saturated heterocycles. The van der Waals surface area contributed by atoms with Crippen LogP contribution in [0.25, 0.3) is 6.08 Å². The van der Waals surface area contributed by atoms with E-state index in [4.69, 9.17) is 16.1 Å². The van der Waals surface area contributed by atoms with E-state index in [0.29, 0.717) is 17.7 Å². The highest BCUT2D eigenvalue weighted by Gasteiger charge is 1.97. The highest BCUT2D eigenvalue weighted by Crippen LogP contribution is 2.15. The van der Waals surface area contributed by atoms with Gasteiger partial charge in [-0.2, -0.15) is 5.26 Å². The van der Waals surface area contributed by atoms with Crippen molar-refractivity contribution >= 4 is 11.8 Å². The van der Waals surface area contributed by atoms with Gasteiger partial charge in [-0.25, -0.2) is 0 Å². The first kappa shape index (κ1) is 10.3. The molecular formula is C11H12N2O. The standard InChI is InChI=1S/C11H12N2O/c12-6-2-1-3-9-4-5-11(13)10(7-9)8-14/h1,3-5,7,14H,2,8,13H2. The van der Waals surface area contributed by atoms with Crippen LogP contribution in [0.2, 0.25) is 0 Å². The Morgan fingerprint density at radius 1 is 1.50 bits per heavy atom. The first-order chi connectivity index (χ1) is 6.77. The molecule has 0 aliphatic heterocycles. The van der Waals surface area contributed by atoms with E-state index < -0.39 is 0 Å². The van der Waals surface area contributed by atoms with Crippen molar-refractivity contribution in [2.24, 2.45) is 0 Å². The molecule has 3 nitrogen and oxygen atoms in total. The summed E-state index contributed by atoms with van der Waals surface area (Å²) in [7, 11) is 0. The summed E-state index contributed by atoms with van der Waals surface area (Å²) in [6, 6.07) is 7.42. The van der Waals surface area contributed by atoms with Gasteiger partial charge in [-0.05, 0) is 17.7 Å². The summed E-state index contributed by atoms with van der Waals surface area (Å²) in [4.78, 5) is 0. The van der Waals surface area contributed by atoms with E-state index in [1.165, 1.54) is 0 Å². The number of nitrogens with zero attached hydrogens (tertiary/aromatic N) is 1. The van der Waals surface area contributed by atoms with Gasteiger partial charge in [0, 0.05) is 11.3 Å². The van der Waals surface area contributed by atoms with E-state index in [0.717, 1.165) is 5.56 Å². The first-order valence-electron chi connectivity index (χ1n) is 4.30. The fraction of sp³-hybridized carbons (Fsp3) is 0.182. The molecule has 0 saturated carbocycles. The average molecular weight is 188 g/mol. The Labute approximate surface area is 83.1 Å². The van der Waals surface area contributed by atoms with Crippen molar-refractivity contribution in [3.8, 4) is 6.07 Å². The number of anilines is 1. The smallest absolute Gasteiger partial charge is 0.0702 e. The molecule has 0 atom stereocenters. The van der Waals surface area contributed by atoms with Crippen LogP contribution in [-0.4, -0.2) is 5.11 Å². The molecule has 0 aliphatic carbocycles. The van der Waals surface area contributed by atoms with E-state index in [-0.39, 0.29) is 6.61 Å². The van der Waals surface area contributed by atoms with Crippen LogP contribution in [0.4, 0.5) is 5.69 Å². The van der Waals surface area contributed by atoms with E-state index in [1.807, 2.05) is 24.3 Å². The van der Waals surface area contributed by atoms with Gasteiger partial charge in [0.1, 0.15) is 0 Å². The van der Waals surface area contributed by atoms with E-state index in [2.05, 4.69) is 0 Å². The lowest BCUT2D eigenvalue weighted by atomic mass is 10.1. The van der Waals surface area contributed by atoms with Crippen molar-refractivity contribution in [3.05, 3.63) is 35.4 Å². The van der Waals surface area contributed by atoms with E-state index in [9.17, 15) is 0 Å². The maximum absolute atomic E-state index is 8.96. The maximum atomic E-state index is 8.96. The SMILES string of the molecule is N#CCC=Cc1ccc(N)c(CO)c1. The van der Waals surface area contributed by atoms with Gasteiger partial charge in [-0.3, -0.25) is 0 Å². The van der Waals surface area contributed by atoms with Crippen LogP contribution in [0.15, 0.2) is 24.3 Å². The van der Waals surface area contributed by atoms with Crippen LogP contribution < -0.4 is 5.73 Å². The molecule has 72 valence electrons. The Morgan fingerprint density at radius 2 is 2.29 bits per heavy atom. The number of benzene rings is 1. The highest BCUT2D eigenvalue weighted by atomic mass is 16.3. The van der Waals surface area contributed by atoms with Crippen molar-refractivity contribution < 1.29 is 5.11 Å². The Bertz CT molecular complexity index is 377. The zero-order valence-corrected chi connectivity index (χ0v) is 7.77. The predicted molar refractivity (Wildman–Crippen MR) is 56.0 cm³/mol. The molecular weight excluding hydrogens is 176 g/mol. The Balaban J connectivity index is 2.85. The maximum Gasteiger partial charge on any atom is 0.0702 e. The van der Waals surface area contributed by atoms with Gasteiger partial charge < -0.3 is 10.8 Å². The molecule has 0 aliphatic rings. The van der Waals surface area contributed by atoms with Crippen LogP contribution in [0.3, 0.4) is 0 Å². The summed E-state index contributed by atoms with van der Waals surface area (Å²) in [5.41, 5.74) is 7.86. The van der Waals surface area contributed by atoms with Gasteiger partial charge in [-0.15, -0.1) is 0 Å². The number of rotatable bonds is 3. The summed E-state index contributed by atoms with van der Waals surface area (Å²) in [5, 5.41) is 17.3. The fourth-order valence-electron chi connectivity index (χ4n) is 1.11. The van der Waals surface area contributed by atoms with Gasteiger partial charge >= 0.3 is 0 Å². The summed E-state index contributed by atoms with van der Waals surface area (Å²) in [5.74, 6) is 0. The summed E-state index contributed by atoms with van der Waals surface area (Å²) in [6.07, 6.45) is 3.99. The molecule has 0 fully saturated rings. The molecule has 1 aromatic rings. The van der Waals surface area contributed by atoms with Crippen molar-refractivity contribution in [3.63, 3.8) is 0 Å². The molecule has 0 heterocycles. The number of hydrogen-bond donors (Lipinski definition) is 2. The van der Waals surface area contributed by atoms with Crippen LogP contribution in [-0.2, 0) is 6.61 Å². The molecule has 0 spiro atoms. The summed E-state index contributed by atoms with van der Waals surface area (Å²) >= 11 is 0. The lowest BCUT2D eigenvalue weighted by molar-refractivity contribution is 0.282. The van der Waals surface area contributed by atoms with Gasteiger partial charge in [0.25, 0.3) is 0 Å². The summed E-state index contributed by atoms with van der Waals surface area (Å²) < 4.78 is 0. The van der Waals surface area contributed by atoms with E-state index in [1.54, 1.807) is 12.1 Å². The number of nitriles is 1. The average Bonchev–Trinajstić information content (AvgIpc) is 2.21. The predicted octanol–water partition coefficient (Wildman–Crippen LogP) is 1.69. The molecule has 0 aromatic heterocycles. The number of hydrogen-bond acceptors (Lipinski definition) is 3. The highest BCUT2D eigenvalue weighted by molar-refractivity contribution is 5.57. The molecule has 1 aromatic carbocycles. The molecule has 1 rings (SSSR count). The van der Waals surface area contributed by atoms with Crippen LogP contribution in [0.1, 0.15) is 17.5 Å². The van der Waals surface area contributed by atoms with Crippen molar-refractivity contribution in [2.45, 2.75) is 13.0 Å². The normalized spacial score (nSPS) is 10.3. The van der Waals surface area contributed by atoms with Gasteiger partial charge in [0.2, 0.25) is 0 Å². The van der Waals surface area contributed by atoms with Gasteiger partial charge in [0.05, 0.1) is 19.1 Å². The lowest BCUT2D eigenvalue weighted by Crippen LogP contribution is -1.93. The third kappa shape index (κ3) is 2.61. The Hall–Kier alpha value is -1.79. The van der Waals surface area contributed by atoms with Crippen molar-refractivity contribution in [2.75, 3.05) is 5.73 Å². The third-order valence-electron chi connectivity index (χ3n) is 1.86. The number of aliphatic hydroxyl groups is 1. The van der Waals surface area contributed by atoms with Crippen LogP contribution in [0, 0.1) is 11.3 Å². The van der Waals surface area contributed by atoms with Crippen LogP contribution in [0.5, 0.6) is 0 Å². The quantitative estimate of drug-likeness (QED) is 0.709. The Morgan fingerprint density at radius 3 is 2.93 bits per heavy atom. The minimum absolute atomic E-state index is 0.0637. The molecule has 0 unspecified atom stereocenters. The summed E-state index contributed by atoms with van der Waals surface area (Å²) in [6.45, 7) is -0.0637. The lowest BCUT2D eigenvalue weighted by Gasteiger charge is -2.02.